The van der Waals surface area contributed by atoms with Crippen LogP contribution in [0.5, 0.6) is 0 Å². The summed E-state index contributed by atoms with van der Waals surface area (Å²) < 4.78 is 4.94. The minimum Gasteiger partial charge on any atom is -0.461 e. The van der Waals surface area contributed by atoms with E-state index in [2.05, 4.69) is 4.98 Å². The third-order valence-electron chi connectivity index (χ3n) is 3.48. The molecule has 25 heavy (non-hydrogen) atoms. The van der Waals surface area contributed by atoms with Crippen LogP contribution >= 0.6 is 22.9 Å². The molecule has 0 aliphatic carbocycles. The van der Waals surface area contributed by atoms with Gasteiger partial charge in [-0.15, -0.1) is 22.9 Å². The second-order valence-corrected chi connectivity index (χ2v) is 6.76. The van der Waals surface area contributed by atoms with Crippen molar-refractivity contribution in [1.82, 2.24) is 9.88 Å². The molecule has 0 N–H and O–H groups in total. The summed E-state index contributed by atoms with van der Waals surface area (Å²) in [6.45, 7) is 4.95. The predicted octanol–water partition coefficient (Wildman–Crippen LogP) is 4.04. The molecule has 2 aromatic rings. The largest absolute Gasteiger partial charge is 0.461 e. The molecule has 134 valence electrons. The third-order valence-corrected chi connectivity index (χ3v) is 4.75. The Kier molecular flexibility index (Phi) is 7.40. The van der Waals surface area contributed by atoms with Crippen LogP contribution in [0.1, 0.15) is 46.7 Å². The first kappa shape index (κ1) is 19.4. The van der Waals surface area contributed by atoms with E-state index < -0.39 is 11.3 Å². The maximum absolute atomic E-state index is 12.8. The van der Waals surface area contributed by atoms with E-state index in [9.17, 15) is 9.59 Å². The third kappa shape index (κ3) is 5.28. The first-order valence-electron chi connectivity index (χ1n) is 8.16. The molecule has 0 spiro atoms. The number of nitrogens with zero attached hydrogens (tertiary/aromatic N) is 2. The quantitative estimate of drug-likeness (QED) is 0.512. The number of carbonyl (C=O) groups is 2. The van der Waals surface area contributed by atoms with Crippen LogP contribution in [0.3, 0.4) is 0 Å². The highest BCUT2D eigenvalue weighted by molar-refractivity contribution is 7.09. The van der Waals surface area contributed by atoms with Crippen LogP contribution in [0.4, 0.5) is 0 Å². The molecule has 1 aromatic carbocycles. The molecule has 1 amide bonds. The number of benzene rings is 1. The summed E-state index contributed by atoms with van der Waals surface area (Å²) in [7, 11) is 0. The maximum Gasteiger partial charge on any atom is 0.357 e. The number of alkyl halides is 1. The van der Waals surface area contributed by atoms with E-state index in [0.717, 1.165) is 12.0 Å². The Labute approximate surface area is 156 Å². The van der Waals surface area contributed by atoms with Crippen LogP contribution < -0.4 is 0 Å². The highest BCUT2D eigenvalue weighted by Crippen LogP contribution is 2.24. The number of thiazole rings is 1. The van der Waals surface area contributed by atoms with Crippen LogP contribution in [-0.4, -0.2) is 34.9 Å². The lowest BCUT2D eigenvalue weighted by Crippen LogP contribution is -2.33. The number of carbonyl (C=O) groups excluding carboxylic acids is 2. The van der Waals surface area contributed by atoms with Gasteiger partial charge in [0.15, 0.2) is 5.69 Å². The SMILES string of the molecule is CCCN(Cc1nc(C(=O)OCC)cs1)C(=O)C(Cl)c1ccccc1. The molecule has 0 aliphatic heterocycles. The lowest BCUT2D eigenvalue weighted by molar-refractivity contribution is -0.131. The molecule has 1 atom stereocenters. The van der Waals surface area contributed by atoms with Crippen LogP contribution in [0.2, 0.25) is 0 Å². The maximum atomic E-state index is 12.8. The summed E-state index contributed by atoms with van der Waals surface area (Å²) in [6, 6.07) is 9.26. The molecule has 1 aromatic heterocycles. The summed E-state index contributed by atoms with van der Waals surface area (Å²) in [5.41, 5.74) is 1.04. The zero-order valence-corrected chi connectivity index (χ0v) is 15.8. The van der Waals surface area contributed by atoms with E-state index in [1.165, 1.54) is 11.3 Å². The van der Waals surface area contributed by atoms with Crippen molar-refractivity contribution in [3.8, 4) is 0 Å². The zero-order chi connectivity index (χ0) is 18.2. The molecule has 1 heterocycles. The van der Waals surface area contributed by atoms with E-state index in [4.69, 9.17) is 16.3 Å². The van der Waals surface area contributed by atoms with Crippen LogP contribution in [0.25, 0.3) is 0 Å². The number of halogens is 1. The molecule has 0 bridgehead atoms. The molecular formula is C18H21ClN2O3S. The Hall–Kier alpha value is -1.92. The minimum absolute atomic E-state index is 0.164. The fraction of sp³-hybridized carbons (Fsp3) is 0.389. The highest BCUT2D eigenvalue weighted by atomic mass is 35.5. The van der Waals surface area contributed by atoms with Crippen molar-refractivity contribution in [2.24, 2.45) is 0 Å². The zero-order valence-electron chi connectivity index (χ0n) is 14.3. The van der Waals surface area contributed by atoms with Crippen LogP contribution in [0.15, 0.2) is 35.7 Å². The average molecular weight is 381 g/mol. The van der Waals surface area contributed by atoms with Gasteiger partial charge in [0.2, 0.25) is 5.91 Å². The van der Waals surface area contributed by atoms with Gasteiger partial charge in [0.1, 0.15) is 10.4 Å². The topological polar surface area (TPSA) is 59.5 Å². The second-order valence-electron chi connectivity index (χ2n) is 5.38. The van der Waals surface area contributed by atoms with E-state index >= 15 is 0 Å². The van der Waals surface area contributed by atoms with Crippen molar-refractivity contribution in [3.63, 3.8) is 0 Å². The highest BCUT2D eigenvalue weighted by Gasteiger charge is 2.24. The molecule has 0 saturated carbocycles. The van der Waals surface area contributed by atoms with Gasteiger partial charge in [-0.05, 0) is 18.9 Å². The Balaban J connectivity index is 2.10. The van der Waals surface area contributed by atoms with Crippen molar-refractivity contribution in [3.05, 3.63) is 52.0 Å². The summed E-state index contributed by atoms with van der Waals surface area (Å²) in [5, 5.41) is 1.59. The van der Waals surface area contributed by atoms with Crippen molar-refractivity contribution in [2.75, 3.05) is 13.2 Å². The molecule has 1 unspecified atom stereocenters. The van der Waals surface area contributed by atoms with Gasteiger partial charge in [-0.1, -0.05) is 37.3 Å². The molecule has 2 rings (SSSR count). The standard InChI is InChI=1S/C18H21ClN2O3S/c1-3-10-21(17(22)16(19)13-8-6-5-7-9-13)11-15-20-14(12-25-15)18(23)24-4-2/h5-9,12,16H,3-4,10-11H2,1-2H3. The fourth-order valence-electron chi connectivity index (χ4n) is 2.31. The van der Waals surface area contributed by atoms with Gasteiger partial charge in [-0.25, -0.2) is 9.78 Å². The minimum atomic E-state index is -0.739. The molecule has 0 saturated heterocycles. The normalized spacial score (nSPS) is 11.8. The smallest absolute Gasteiger partial charge is 0.357 e. The Morgan fingerprint density at radius 3 is 2.64 bits per heavy atom. The van der Waals surface area contributed by atoms with E-state index in [1.54, 1.807) is 17.2 Å². The lowest BCUT2D eigenvalue weighted by Gasteiger charge is -2.23. The molecule has 5 nitrogen and oxygen atoms in total. The van der Waals surface area contributed by atoms with Crippen molar-refractivity contribution >= 4 is 34.8 Å². The van der Waals surface area contributed by atoms with Gasteiger partial charge >= 0.3 is 5.97 Å². The van der Waals surface area contributed by atoms with E-state index in [1.807, 2.05) is 37.3 Å². The number of ether oxygens (including phenoxy) is 1. The molecule has 0 aliphatic rings. The predicted molar refractivity (Wildman–Crippen MR) is 98.8 cm³/mol. The van der Waals surface area contributed by atoms with Crippen molar-refractivity contribution in [1.29, 1.82) is 0 Å². The van der Waals surface area contributed by atoms with Gasteiger partial charge in [0.25, 0.3) is 0 Å². The van der Waals surface area contributed by atoms with Gasteiger partial charge in [0.05, 0.1) is 13.2 Å². The van der Waals surface area contributed by atoms with Crippen LogP contribution in [-0.2, 0) is 16.1 Å². The van der Waals surface area contributed by atoms with Crippen molar-refractivity contribution < 1.29 is 14.3 Å². The first-order valence-corrected chi connectivity index (χ1v) is 9.47. The van der Waals surface area contributed by atoms with Crippen LogP contribution in [0, 0.1) is 0 Å². The number of rotatable bonds is 8. The first-order chi connectivity index (χ1) is 12.1. The number of aromatic nitrogens is 1. The van der Waals surface area contributed by atoms with Gasteiger partial charge in [-0.3, -0.25) is 4.79 Å². The molecule has 0 radical (unpaired) electrons. The Morgan fingerprint density at radius 2 is 2.00 bits per heavy atom. The Bertz CT molecular complexity index is 705. The lowest BCUT2D eigenvalue weighted by atomic mass is 10.1. The van der Waals surface area contributed by atoms with E-state index in [-0.39, 0.29) is 11.6 Å². The van der Waals surface area contributed by atoms with Gasteiger partial charge in [-0.2, -0.15) is 0 Å². The van der Waals surface area contributed by atoms with Gasteiger partial charge < -0.3 is 9.64 Å². The Morgan fingerprint density at radius 1 is 1.28 bits per heavy atom. The summed E-state index contributed by atoms with van der Waals surface area (Å²) in [6.07, 6.45) is 0.806. The van der Waals surface area contributed by atoms with E-state index in [0.29, 0.717) is 24.7 Å². The number of esters is 1. The van der Waals surface area contributed by atoms with Crippen molar-refractivity contribution in [2.45, 2.75) is 32.2 Å². The molecule has 0 fully saturated rings. The molecular weight excluding hydrogens is 360 g/mol. The number of hydrogen-bond donors (Lipinski definition) is 0. The molecule has 7 heteroatoms. The number of amides is 1. The summed E-state index contributed by atoms with van der Waals surface area (Å²) in [5.74, 6) is -0.611. The monoisotopic (exact) mass is 380 g/mol. The second kappa shape index (κ2) is 9.53. The number of hydrogen-bond acceptors (Lipinski definition) is 5. The average Bonchev–Trinajstić information content (AvgIpc) is 3.10. The summed E-state index contributed by atoms with van der Waals surface area (Å²) >= 11 is 7.70. The summed E-state index contributed by atoms with van der Waals surface area (Å²) in [4.78, 5) is 30.4. The fourth-order valence-corrected chi connectivity index (χ4v) is 3.37. The van der Waals surface area contributed by atoms with Gasteiger partial charge in [0, 0.05) is 11.9 Å².